The molecular weight excluding hydrogens is 318 g/mol. The predicted octanol–water partition coefficient (Wildman–Crippen LogP) is 1.65. The van der Waals surface area contributed by atoms with Crippen molar-refractivity contribution in [2.45, 2.75) is 23.6 Å². The number of thiophene rings is 1. The highest BCUT2D eigenvalue weighted by Gasteiger charge is 2.26. The SMILES string of the molecule is CCC(NS(=O)(=O)c1sccc1Br)C(=O)O. The molecule has 8 heteroatoms. The Balaban J connectivity index is 2.97. The van der Waals surface area contributed by atoms with Crippen LogP contribution in [0.25, 0.3) is 0 Å². The largest absolute Gasteiger partial charge is 0.480 e. The molecule has 2 N–H and O–H groups in total. The molecule has 0 bridgehead atoms. The highest BCUT2D eigenvalue weighted by atomic mass is 79.9. The van der Waals surface area contributed by atoms with E-state index in [1.165, 1.54) is 0 Å². The molecular formula is C8H10BrNO4S2. The van der Waals surface area contributed by atoms with Gasteiger partial charge in [0.1, 0.15) is 10.3 Å². The van der Waals surface area contributed by atoms with Gasteiger partial charge >= 0.3 is 5.97 Å². The maximum Gasteiger partial charge on any atom is 0.321 e. The number of rotatable bonds is 5. The van der Waals surface area contributed by atoms with Gasteiger partial charge in [-0.05, 0) is 33.8 Å². The van der Waals surface area contributed by atoms with Crippen molar-refractivity contribution in [3.05, 3.63) is 15.9 Å². The van der Waals surface area contributed by atoms with Gasteiger partial charge in [0, 0.05) is 4.47 Å². The summed E-state index contributed by atoms with van der Waals surface area (Å²) in [6.45, 7) is 1.60. The van der Waals surface area contributed by atoms with Crippen LogP contribution in [-0.4, -0.2) is 25.5 Å². The Hall–Kier alpha value is -0.440. The Kier molecular flexibility index (Phi) is 4.48. The van der Waals surface area contributed by atoms with Gasteiger partial charge < -0.3 is 5.11 Å². The Morgan fingerprint density at radius 3 is 2.69 bits per heavy atom. The van der Waals surface area contributed by atoms with E-state index in [9.17, 15) is 13.2 Å². The first-order chi connectivity index (χ1) is 7.38. The second-order valence-electron chi connectivity index (χ2n) is 2.98. The zero-order valence-corrected chi connectivity index (χ0v) is 11.5. The number of hydrogen-bond acceptors (Lipinski definition) is 4. The van der Waals surface area contributed by atoms with Gasteiger partial charge in [0.25, 0.3) is 10.0 Å². The summed E-state index contributed by atoms with van der Waals surface area (Å²) in [6.07, 6.45) is 0.192. The molecule has 1 unspecified atom stereocenters. The molecule has 0 saturated heterocycles. The maximum atomic E-state index is 11.8. The van der Waals surface area contributed by atoms with E-state index >= 15 is 0 Å². The molecule has 0 aliphatic heterocycles. The van der Waals surface area contributed by atoms with E-state index in [-0.39, 0.29) is 10.6 Å². The van der Waals surface area contributed by atoms with Crippen LogP contribution in [0.2, 0.25) is 0 Å². The topological polar surface area (TPSA) is 83.5 Å². The molecule has 90 valence electrons. The monoisotopic (exact) mass is 327 g/mol. The van der Waals surface area contributed by atoms with Crippen LogP contribution in [-0.2, 0) is 14.8 Å². The molecule has 0 aromatic carbocycles. The summed E-state index contributed by atoms with van der Waals surface area (Å²) in [7, 11) is -3.76. The normalized spacial score (nSPS) is 13.6. The Morgan fingerprint density at radius 1 is 1.69 bits per heavy atom. The summed E-state index contributed by atoms with van der Waals surface area (Å²) in [6, 6.07) is 0.500. The Morgan fingerprint density at radius 2 is 2.31 bits per heavy atom. The average molecular weight is 328 g/mol. The van der Waals surface area contributed by atoms with Gasteiger partial charge in [-0.15, -0.1) is 11.3 Å². The minimum atomic E-state index is -3.76. The van der Waals surface area contributed by atoms with Gasteiger partial charge in [-0.3, -0.25) is 4.79 Å². The van der Waals surface area contributed by atoms with Crippen molar-refractivity contribution in [2.24, 2.45) is 0 Å². The number of halogens is 1. The zero-order valence-electron chi connectivity index (χ0n) is 8.31. The fraction of sp³-hybridized carbons (Fsp3) is 0.375. The molecule has 1 atom stereocenters. The summed E-state index contributed by atoms with van der Waals surface area (Å²) in [5.41, 5.74) is 0. The minimum absolute atomic E-state index is 0.0900. The third-order valence-corrected chi connectivity index (χ3v) is 5.97. The van der Waals surface area contributed by atoms with Crippen LogP contribution in [0.15, 0.2) is 20.1 Å². The second kappa shape index (κ2) is 5.26. The van der Waals surface area contributed by atoms with Crippen LogP contribution in [0, 0.1) is 0 Å². The van der Waals surface area contributed by atoms with Crippen LogP contribution in [0.5, 0.6) is 0 Å². The smallest absolute Gasteiger partial charge is 0.321 e. The van der Waals surface area contributed by atoms with Gasteiger partial charge in [-0.25, -0.2) is 8.42 Å². The number of hydrogen-bond donors (Lipinski definition) is 2. The molecule has 1 aromatic rings. The van der Waals surface area contributed by atoms with Crippen LogP contribution >= 0.6 is 27.3 Å². The third kappa shape index (κ3) is 3.03. The fourth-order valence-electron chi connectivity index (χ4n) is 1.02. The maximum absolute atomic E-state index is 11.8. The van der Waals surface area contributed by atoms with E-state index in [0.29, 0.717) is 4.47 Å². The number of carboxylic acids is 1. The molecule has 0 aliphatic carbocycles. The van der Waals surface area contributed by atoms with E-state index < -0.39 is 22.0 Å². The van der Waals surface area contributed by atoms with Crippen LogP contribution in [0.1, 0.15) is 13.3 Å². The Labute approximate surface area is 106 Å². The molecule has 0 fully saturated rings. The summed E-state index contributed by atoms with van der Waals surface area (Å²) in [5.74, 6) is -1.18. The van der Waals surface area contributed by atoms with Gasteiger partial charge in [-0.2, -0.15) is 4.72 Å². The predicted molar refractivity (Wildman–Crippen MR) is 64.1 cm³/mol. The van der Waals surface area contributed by atoms with Crippen molar-refractivity contribution in [2.75, 3.05) is 0 Å². The van der Waals surface area contributed by atoms with E-state index in [1.54, 1.807) is 18.4 Å². The number of sulfonamides is 1. The van der Waals surface area contributed by atoms with Crippen LogP contribution < -0.4 is 4.72 Å². The van der Waals surface area contributed by atoms with Gasteiger partial charge in [0.05, 0.1) is 0 Å². The lowest BCUT2D eigenvalue weighted by molar-refractivity contribution is -0.139. The molecule has 0 spiro atoms. The van der Waals surface area contributed by atoms with E-state index in [4.69, 9.17) is 5.11 Å². The fourth-order valence-corrected chi connectivity index (χ4v) is 4.65. The quantitative estimate of drug-likeness (QED) is 0.861. The lowest BCUT2D eigenvalue weighted by atomic mass is 10.2. The first-order valence-corrected chi connectivity index (χ1v) is 7.52. The average Bonchev–Trinajstić information content (AvgIpc) is 2.61. The van der Waals surface area contributed by atoms with Crippen LogP contribution in [0.3, 0.4) is 0 Å². The number of carbonyl (C=O) groups is 1. The molecule has 0 radical (unpaired) electrons. The molecule has 5 nitrogen and oxygen atoms in total. The van der Waals surface area contributed by atoms with Gasteiger partial charge in [0.2, 0.25) is 0 Å². The zero-order chi connectivity index (χ0) is 12.3. The van der Waals surface area contributed by atoms with Crippen molar-refractivity contribution in [3.8, 4) is 0 Å². The third-order valence-electron chi connectivity index (χ3n) is 1.83. The summed E-state index contributed by atoms with van der Waals surface area (Å²) in [5, 5.41) is 10.4. The minimum Gasteiger partial charge on any atom is -0.480 e. The van der Waals surface area contributed by atoms with Crippen molar-refractivity contribution >= 4 is 43.3 Å². The number of nitrogens with one attached hydrogen (secondary N) is 1. The first-order valence-electron chi connectivity index (χ1n) is 4.36. The lowest BCUT2D eigenvalue weighted by Crippen LogP contribution is -2.39. The first kappa shape index (κ1) is 13.6. The number of carboxylic acid groups (broad SMARTS) is 1. The van der Waals surface area contributed by atoms with Crippen molar-refractivity contribution in [1.82, 2.24) is 4.72 Å². The lowest BCUT2D eigenvalue weighted by Gasteiger charge is -2.11. The van der Waals surface area contributed by atoms with E-state index in [2.05, 4.69) is 20.7 Å². The van der Waals surface area contributed by atoms with Gasteiger partial charge in [0.15, 0.2) is 0 Å². The molecule has 1 rings (SSSR count). The van der Waals surface area contributed by atoms with Crippen molar-refractivity contribution in [1.29, 1.82) is 0 Å². The second-order valence-corrected chi connectivity index (χ2v) is 6.66. The molecule has 1 aromatic heterocycles. The van der Waals surface area contributed by atoms with E-state index in [1.807, 2.05) is 0 Å². The van der Waals surface area contributed by atoms with E-state index in [0.717, 1.165) is 11.3 Å². The molecule has 16 heavy (non-hydrogen) atoms. The van der Waals surface area contributed by atoms with Gasteiger partial charge in [-0.1, -0.05) is 6.92 Å². The highest BCUT2D eigenvalue weighted by molar-refractivity contribution is 9.10. The summed E-state index contributed by atoms with van der Waals surface area (Å²) < 4.78 is 26.3. The molecule has 1 heterocycles. The molecule has 0 amide bonds. The molecule has 0 saturated carbocycles. The number of aliphatic carboxylic acids is 1. The summed E-state index contributed by atoms with van der Waals surface area (Å²) in [4.78, 5) is 10.7. The van der Waals surface area contributed by atoms with Crippen LogP contribution in [0.4, 0.5) is 0 Å². The van der Waals surface area contributed by atoms with Crippen molar-refractivity contribution in [3.63, 3.8) is 0 Å². The summed E-state index contributed by atoms with van der Waals surface area (Å²) >= 11 is 4.13. The molecule has 0 aliphatic rings. The highest BCUT2D eigenvalue weighted by Crippen LogP contribution is 2.27. The van der Waals surface area contributed by atoms with Crippen molar-refractivity contribution < 1.29 is 18.3 Å². The Bertz CT molecular complexity index is 482. The standard InChI is InChI=1S/C8H10BrNO4S2/c1-2-6(7(11)12)10-16(13,14)8-5(9)3-4-15-8/h3-4,6,10H,2H2,1H3,(H,11,12).